The summed E-state index contributed by atoms with van der Waals surface area (Å²) >= 11 is 1.99. The highest BCUT2D eigenvalue weighted by Crippen LogP contribution is 2.31. The number of rotatable bonds is 2. The summed E-state index contributed by atoms with van der Waals surface area (Å²) in [6, 6.07) is 3.66. The van der Waals surface area contributed by atoms with Crippen LogP contribution in [0.5, 0.6) is 5.75 Å². The van der Waals surface area contributed by atoms with Gasteiger partial charge in [-0.2, -0.15) is 0 Å². The molecule has 0 aliphatic carbocycles. The van der Waals surface area contributed by atoms with Crippen molar-refractivity contribution in [1.29, 1.82) is 0 Å². The van der Waals surface area contributed by atoms with E-state index in [2.05, 4.69) is 4.98 Å². The smallest absolute Gasteiger partial charge is 0.267 e. The van der Waals surface area contributed by atoms with Crippen molar-refractivity contribution in [1.82, 2.24) is 9.55 Å². The summed E-state index contributed by atoms with van der Waals surface area (Å²) in [5.74, 6) is 1.41. The third-order valence-electron chi connectivity index (χ3n) is 3.34. The van der Waals surface area contributed by atoms with Crippen molar-refractivity contribution in [2.45, 2.75) is 20.1 Å². The highest BCUT2D eigenvalue weighted by molar-refractivity contribution is 14.1. The van der Waals surface area contributed by atoms with E-state index in [9.17, 15) is 4.79 Å². The van der Waals surface area contributed by atoms with E-state index in [1.165, 1.54) is 0 Å². The van der Waals surface area contributed by atoms with Gasteiger partial charge in [-0.05, 0) is 41.6 Å². The maximum Gasteiger partial charge on any atom is 0.267 e. The molecule has 3 rings (SSSR count). The Morgan fingerprint density at radius 3 is 3.10 bits per heavy atom. The minimum Gasteiger partial charge on any atom is -0.467 e. The van der Waals surface area contributed by atoms with Gasteiger partial charge < -0.3 is 15.2 Å². The lowest BCUT2D eigenvalue weighted by Gasteiger charge is -2.22. The maximum absolute atomic E-state index is 12.3. The number of ether oxygens (including phenoxy) is 2. The third kappa shape index (κ3) is 2.75. The molecule has 1 aliphatic rings. The summed E-state index contributed by atoms with van der Waals surface area (Å²) in [5.41, 5.74) is 8.26. The lowest BCUT2D eigenvalue weighted by atomic mass is 10.1. The Hall–Kier alpha value is -1.61. The molecule has 0 radical (unpaired) electrons. The van der Waals surface area contributed by atoms with Gasteiger partial charge in [-0.15, -0.1) is 0 Å². The topological polar surface area (TPSA) is 79.4 Å². The molecule has 0 atom stereocenters. The Morgan fingerprint density at radius 2 is 2.29 bits per heavy atom. The van der Waals surface area contributed by atoms with Crippen LogP contribution in [0, 0.1) is 10.5 Å². The normalized spacial score (nSPS) is 13.6. The quantitative estimate of drug-likeness (QED) is 0.614. The summed E-state index contributed by atoms with van der Waals surface area (Å²) in [5, 5.41) is 0. The molecular weight excluding hydrogens is 385 g/mol. The molecule has 6 nitrogen and oxygen atoms in total. The first kappa shape index (κ1) is 14.3. The fourth-order valence-corrected chi connectivity index (χ4v) is 2.78. The van der Waals surface area contributed by atoms with Crippen LogP contribution < -0.4 is 16.0 Å². The second-order valence-electron chi connectivity index (χ2n) is 4.82. The van der Waals surface area contributed by atoms with Crippen LogP contribution in [0.1, 0.15) is 17.0 Å². The number of nitrogens with two attached hydrogens (primary N) is 1. The minimum absolute atomic E-state index is 0.0636. The van der Waals surface area contributed by atoms with Crippen LogP contribution in [0.4, 0.5) is 5.69 Å². The van der Waals surface area contributed by atoms with Crippen molar-refractivity contribution in [2.24, 2.45) is 0 Å². The highest BCUT2D eigenvalue weighted by atomic mass is 127. The van der Waals surface area contributed by atoms with Gasteiger partial charge in [-0.3, -0.25) is 9.36 Å². The van der Waals surface area contributed by atoms with Gasteiger partial charge in [0.15, 0.2) is 6.79 Å². The molecule has 0 unspecified atom stereocenters. The fraction of sp³-hybridized carbons (Fsp3) is 0.286. The Kier molecular flexibility index (Phi) is 3.85. The summed E-state index contributed by atoms with van der Waals surface area (Å²) in [7, 11) is 0. The van der Waals surface area contributed by atoms with Crippen molar-refractivity contribution in [2.75, 3.05) is 12.5 Å². The highest BCUT2D eigenvalue weighted by Gasteiger charge is 2.17. The molecule has 0 saturated heterocycles. The fourth-order valence-electron chi connectivity index (χ4n) is 2.35. The van der Waals surface area contributed by atoms with Gasteiger partial charge in [0.2, 0.25) is 0 Å². The number of aryl methyl sites for hydroxylation is 1. The predicted octanol–water partition coefficient (Wildman–Crippen LogP) is 1.65. The van der Waals surface area contributed by atoms with Crippen LogP contribution in [0.25, 0.3) is 0 Å². The molecule has 0 fully saturated rings. The van der Waals surface area contributed by atoms with E-state index in [1.54, 1.807) is 17.7 Å². The first-order valence-electron chi connectivity index (χ1n) is 6.40. The standard InChI is InChI=1S/C14H14IN3O3/c1-8-17-4-12(15)14(19)18(8)5-9-2-11(16)3-10-6-20-7-21-13(9)10/h2-4H,5-7,16H2,1H3. The molecule has 21 heavy (non-hydrogen) atoms. The number of halogens is 1. The largest absolute Gasteiger partial charge is 0.467 e. The van der Waals surface area contributed by atoms with Crippen LogP contribution in [0.15, 0.2) is 23.1 Å². The van der Waals surface area contributed by atoms with Crippen LogP contribution in [0.2, 0.25) is 0 Å². The van der Waals surface area contributed by atoms with Crippen LogP contribution in [-0.2, 0) is 17.9 Å². The number of nitrogens with zero attached hydrogens (tertiary/aromatic N) is 2. The number of anilines is 1. The molecule has 0 bridgehead atoms. The Bertz CT molecular complexity index is 758. The number of hydrogen-bond donors (Lipinski definition) is 1. The lowest BCUT2D eigenvalue weighted by molar-refractivity contribution is -0.0170. The molecule has 7 heteroatoms. The lowest BCUT2D eigenvalue weighted by Crippen LogP contribution is -2.26. The van der Waals surface area contributed by atoms with Crippen LogP contribution in [-0.4, -0.2) is 16.3 Å². The van der Waals surface area contributed by atoms with Gasteiger partial charge in [0.25, 0.3) is 5.56 Å². The maximum atomic E-state index is 12.3. The molecule has 2 heterocycles. The Morgan fingerprint density at radius 1 is 1.48 bits per heavy atom. The molecule has 1 aromatic carbocycles. The van der Waals surface area contributed by atoms with Crippen molar-refractivity contribution in [3.63, 3.8) is 0 Å². The molecule has 0 amide bonds. The molecule has 2 N–H and O–H groups in total. The average molecular weight is 399 g/mol. The van der Waals surface area contributed by atoms with Gasteiger partial charge in [0.05, 0.1) is 16.7 Å². The average Bonchev–Trinajstić information content (AvgIpc) is 2.47. The number of hydrogen-bond acceptors (Lipinski definition) is 5. The van der Waals surface area contributed by atoms with E-state index in [0.717, 1.165) is 16.9 Å². The number of fused-ring (bicyclic) bond motifs is 1. The van der Waals surface area contributed by atoms with Crippen molar-refractivity contribution in [3.05, 3.63) is 49.2 Å². The van der Waals surface area contributed by atoms with E-state index < -0.39 is 0 Å². The monoisotopic (exact) mass is 399 g/mol. The van der Waals surface area contributed by atoms with E-state index in [0.29, 0.717) is 28.2 Å². The molecular formula is C14H14IN3O3. The first-order valence-corrected chi connectivity index (χ1v) is 7.48. The van der Waals surface area contributed by atoms with Crippen molar-refractivity contribution in [3.8, 4) is 5.75 Å². The molecule has 110 valence electrons. The third-order valence-corrected chi connectivity index (χ3v) is 4.08. The van der Waals surface area contributed by atoms with Gasteiger partial charge in [0.1, 0.15) is 11.6 Å². The number of nitrogen functional groups attached to an aromatic ring is 1. The molecule has 0 spiro atoms. The van der Waals surface area contributed by atoms with E-state index in [-0.39, 0.29) is 12.4 Å². The SMILES string of the molecule is Cc1ncc(I)c(=O)n1Cc1cc(N)cc2c1OCOC2. The first-order chi connectivity index (χ1) is 10.1. The molecule has 0 saturated carbocycles. The zero-order valence-electron chi connectivity index (χ0n) is 11.4. The van der Waals surface area contributed by atoms with Crippen molar-refractivity contribution >= 4 is 28.3 Å². The van der Waals surface area contributed by atoms with Crippen LogP contribution >= 0.6 is 22.6 Å². The zero-order chi connectivity index (χ0) is 15.0. The van der Waals surface area contributed by atoms with Gasteiger partial charge in [0, 0.05) is 23.0 Å². The number of aromatic nitrogens is 2. The molecule has 1 aliphatic heterocycles. The van der Waals surface area contributed by atoms with Gasteiger partial charge in [-0.25, -0.2) is 4.98 Å². The van der Waals surface area contributed by atoms with E-state index in [4.69, 9.17) is 15.2 Å². The van der Waals surface area contributed by atoms with Crippen LogP contribution in [0.3, 0.4) is 0 Å². The summed E-state index contributed by atoms with van der Waals surface area (Å²) in [6.07, 6.45) is 1.58. The summed E-state index contributed by atoms with van der Waals surface area (Å²) in [4.78, 5) is 16.5. The summed E-state index contributed by atoms with van der Waals surface area (Å²) < 4.78 is 13.0. The zero-order valence-corrected chi connectivity index (χ0v) is 13.6. The predicted molar refractivity (Wildman–Crippen MR) is 86.2 cm³/mol. The van der Waals surface area contributed by atoms with Gasteiger partial charge in [-0.1, -0.05) is 0 Å². The second-order valence-corrected chi connectivity index (χ2v) is 5.99. The molecule has 2 aromatic rings. The minimum atomic E-state index is -0.0636. The summed E-state index contributed by atoms with van der Waals surface area (Å²) in [6.45, 7) is 2.86. The van der Waals surface area contributed by atoms with E-state index in [1.807, 2.05) is 34.7 Å². The van der Waals surface area contributed by atoms with Crippen molar-refractivity contribution < 1.29 is 9.47 Å². The van der Waals surface area contributed by atoms with E-state index >= 15 is 0 Å². The molecule has 1 aromatic heterocycles. The second kappa shape index (κ2) is 5.64. The number of benzene rings is 1. The van der Waals surface area contributed by atoms with Gasteiger partial charge >= 0.3 is 0 Å². The Balaban J connectivity index is 2.09. The Labute approximate surface area is 135 Å².